The van der Waals surface area contributed by atoms with Crippen molar-refractivity contribution in [3.8, 4) is 5.75 Å². The van der Waals surface area contributed by atoms with Gasteiger partial charge in [0.15, 0.2) is 0 Å². The van der Waals surface area contributed by atoms with Gasteiger partial charge in [-0.1, -0.05) is 51.2 Å². The molecule has 0 atom stereocenters. The minimum atomic E-state index is -0.404. The summed E-state index contributed by atoms with van der Waals surface area (Å²) in [5.41, 5.74) is 0.678. The van der Waals surface area contributed by atoms with Crippen LogP contribution in [0.15, 0.2) is 24.3 Å². The van der Waals surface area contributed by atoms with Crippen molar-refractivity contribution in [2.45, 2.75) is 58.3 Å². The molecule has 2 N–H and O–H groups in total. The molecule has 1 aromatic rings. The van der Waals surface area contributed by atoms with Crippen LogP contribution in [0.2, 0.25) is 0 Å². The highest BCUT2D eigenvalue weighted by molar-refractivity contribution is 5.86. The Bertz CT molecular complexity index is 516. The Kier molecular flexibility index (Phi) is 9.95. The van der Waals surface area contributed by atoms with Crippen LogP contribution in [0.1, 0.15) is 58.3 Å². The number of unbranched alkanes of at least 4 members (excludes halogenated alkanes) is 5. The molecule has 146 valence electrons. The molecule has 1 fully saturated rings. The molecule has 5 nitrogen and oxygen atoms in total. The fourth-order valence-corrected chi connectivity index (χ4v) is 3.32. The van der Waals surface area contributed by atoms with E-state index in [0.717, 1.165) is 13.0 Å². The Balaban J connectivity index is 1.65. The molecule has 0 aromatic heterocycles. The summed E-state index contributed by atoms with van der Waals surface area (Å²) in [5, 5.41) is 2.81. The number of quaternary nitrogens is 1. The number of benzene rings is 1. The summed E-state index contributed by atoms with van der Waals surface area (Å²) in [6, 6.07) is 7.55. The lowest BCUT2D eigenvalue weighted by Gasteiger charge is -2.14. The van der Waals surface area contributed by atoms with Crippen molar-refractivity contribution in [2.75, 3.05) is 38.2 Å². The number of carbonyl (C=O) groups is 1. The van der Waals surface area contributed by atoms with Crippen LogP contribution in [-0.4, -0.2) is 38.9 Å². The van der Waals surface area contributed by atoms with Crippen LogP contribution in [0.4, 0.5) is 10.5 Å². The van der Waals surface area contributed by atoms with Crippen LogP contribution in [0.25, 0.3) is 0 Å². The van der Waals surface area contributed by atoms with Gasteiger partial charge < -0.3 is 14.4 Å². The van der Waals surface area contributed by atoms with Crippen molar-refractivity contribution < 1.29 is 19.2 Å². The molecular weight excluding hydrogens is 328 g/mol. The number of ether oxygens (including phenoxy) is 2. The van der Waals surface area contributed by atoms with Crippen LogP contribution in [0.5, 0.6) is 5.75 Å². The summed E-state index contributed by atoms with van der Waals surface area (Å²) in [4.78, 5) is 13.5. The highest BCUT2D eigenvalue weighted by Gasteiger charge is 2.15. The van der Waals surface area contributed by atoms with Crippen molar-refractivity contribution in [1.82, 2.24) is 0 Å². The fraction of sp³-hybridized carbons (Fsp3) is 0.667. The first-order chi connectivity index (χ1) is 12.8. The minimum Gasteiger partial charge on any atom is -0.491 e. The zero-order chi connectivity index (χ0) is 18.5. The Morgan fingerprint density at radius 3 is 2.58 bits per heavy atom. The number of para-hydroxylation sites is 2. The van der Waals surface area contributed by atoms with Gasteiger partial charge in [0, 0.05) is 12.8 Å². The third-order valence-electron chi connectivity index (χ3n) is 4.88. The van der Waals surface area contributed by atoms with Crippen molar-refractivity contribution in [3.63, 3.8) is 0 Å². The number of likely N-dealkylation sites (tertiary alicyclic amines) is 1. The van der Waals surface area contributed by atoms with Crippen molar-refractivity contribution >= 4 is 11.8 Å². The van der Waals surface area contributed by atoms with Crippen LogP contribution < -0.4 is 15.0 Å². The molecule has 0 saturated carbocycles. The molecule has 1 aliphatic heterocycles. The molecule has 1 heterocycles. The van der Waals surface area contributed by atoms with Gasteiger partial charge in [0.2, 0.25) is 0 Å². The minimum absolute atomic E-state index is 0.404. The van der Waals surface area contributed by atoms with Crippen LogP contribution in [-0.2, 0) is 4.74 Å². The number of rotatable bonds is 12. The third-order valence-corrected chi connectivity index (χ3v) is 4.88. The largest absolute Gasteiger partial charge is 0.491 e. The SMILES string of the molecule is CCCCCCCCOc1ccccc1NC(=O)OCC[NH+]1CCCC1. The summed E-state index contributed by atoms with van der Waals surface area (Å²) < 4.78 is 11.2. The molecule has 5 heteroatoms. The van der Waals surface area contributed by atoms with E-state index in [9.17, 15) is 4.79 Å². The smallest absolute Gasteiger partial charge is 0.411 e. The quantitative estimate of drug-likeness (QED) is 0.557. The Labute approximate surface area is 158 Å². The average Bonchev–Trinajstić information content (AvgIpc) is 3.16. The highest BCUT2D eigenvalue weighted by Crippen LogP contribution is 2.24. The zero-order valence-electron chi connectivity index (χ0n) is 16.2. The van der Waals surface area contributed by atoms with Crippen LogP contribution in [0, 0.1) is 0 Å². The maximum absolute atomic E-state index is 12.0. The van der Waals surface area contributed by atoms with Gasteiger partial charge in [0.1, 0.15) is 18.9 Å². The number of hydrogen-bond acceptors (Lipinski definition) is 3. The second-order valence-corrected chi connectivity index (χ2v) is 7.08. The average molecular weight is 364 g/mol. The van der Waals surface area contributed by atoms with E-state index >= 15 is 0 Å². The molecule has 0 radical (unpaired) electrons. The maximum atomic E-state index is 12.0. The van der Waals surface area contributed by atoms with E-state index in [1.807, 2.05) is 24.3 Å². The van der Waals surface area contributed by atoms with E-state index in [2.05, 4.69) is 12.2 Å². The zero-order valence-corrected chi connectivity index (χ0v) is 16.2. The monoisotopic (exact) mass is 363 g/mol. The number of hydrogen-bond donors (Lipinski definition) is 2. The third kappa shape index (κ3) is 8.09. The Morgan fingerprint density at radius 1 is 1.04 bits per heavy atom. The van der Waals surface area contributed by atoms with E-state index in [4.69, 9.17) is 9.47 Å². The predicted molar refractivity (Wildman–Crippen MR) is 105 cm³/mol. The van der Waals surface area contributed by atoms with Crippen molar-refractivity contribution in [3.05, 3.63) is 24.3 Å². The summed E-state index contributed by atoms with van der Waals surface area (Å²) in [6.45, 7) is 6.65. The maximum Gasteiger partial charge on any atom is 0.411 e. The molecule has 1 amide bonds. The lowest BCUT2D eigenvalue weighted by Crippen LogP contribution is -3.10. The molecule has 1 saturated heterocycles. The number of nitrogens with one attached hydrogen (secondary N) is 2. The first kappa shape index (κ1) is 20.6. The van der Waals surface area contributed by atoms with E-state index in [-0.39, 0.29) is 0 Å². The molecule has 26 heavy (non-hydrogen) atoms. The molecule has 2 rings (SSSR count). The molecule has 0 aliphatic carbocycles. The van der Waals surface area contributed by atoms with Gasteiger partial charge in [-0.25, -0.2) is 4.79 Å². The first-order valence-corrected chi connectivity index (χ1v) is 10.3. The number of anilines is 1. The van der Waals surface area contributed by atoms with E-state index in [0.29, 0.717) is 24.7 Å². The van der Waals surface area contributed by atoms with Crippen LogP contribution >= 0.6 is 0 Å². The fourth-order valence-electron chi connectivity index (χ4n) is 3.32. The molecule has 1 aromatic carbocycles. The van der Waals surface area contributed by atoms with Gasteiger partial charge >= 0.3 is 6.09 Å². The standard InChI is InChI=1S/C21H34N2O3/c1-2-3-4-5-6-11-17-25-20-13-8-7-12-19(20)22-21(24)26-18-16-23-14-9-10-15-23/h7-8,12-13H,2-6,9-11,14-18H2,1H3,(H,22,24)/p+1. The number of carbonyl (C=O) groups excluding carboxylic acids is 1. The van der Waals surface area contributed by atoms with Crippen LogP contribution in [0.3, 0.4) is 0 Å². The molecular formula is C21H35N2O3+. The molecule has 0 unspecified atom stereocenters. The summed E-state index contributed by atoms with van der Waals surface area (Å²) in [6.07, 6.45) is 9.55. The van der Waals surface area contributed by atoms with Crippen molar-refractivity contribution in [1.29, 1.82) is 0 Å². The normalized spacial score (nSPS) is 14.3. The van der Waals surface area contributed by atoms with Crippen molar-refractivity contribution in [2.24, 2.45) is 0 Å². The second kappa shape index (κ2) is 12.6. The Hall–Kier alpha value is -1.75. The molecule has 0 bridgehead atoms. The molecule has 1 aliphatic rings. The lowest BCUT2D eigenvalue weighted by atomic mass is 10.1. The van der Waals surface area contributed by atoms with E-state index in [1.54, 1.807) is 0 Å². The van der Waals surface area contributed by atoms with Gasteiger partial charge in [-0.15, -0.1) is 0 Å². The van der Waals surface area contributed by atoms with Gasteiger partial charge in [0.05, 0.1) is 25.4 Å². The Morgan fingerprint density at radius 2 is 1.77 bits per heavy atom. The topological polar surface area (TPSA) is 52.0 Å². The number of amides is 1. The molecule has 0 spiro atoms. The lowest BCUT2D eigenvalue weighted by molar-refractivity contribution is -0.887. The van der Waals surface area contributed by atoms with Gasteiger partial charge in [-0.05, 0) is 18.6 Å². The van der Waals surface area contributed by atoms with E-state index in [1.165, 1.54) is 62.9 Å². The first-order valence-electron chi connectivity index (χ1n) is 10.3. The predicted octanol–water partition coefficient (Wildman–Crippen LogP) is 3.65. The highest BCUT2D eigenvalue weighted by atomic mass is 16.5. The van der Waals surface area contributed by atoms with Gasteiger partial charge in [-0.2, -0.15) is 0 Å². The second-order valence-electron chi connectivity index (χ2n) is 7.08. The van der Waals surface area contributed by atoms with Gasteiger partial charge in [-0.3, -0.25) is 5.32 Å². The summed E-state index contributed by atoms with van der Waals surface area (Å²) in [7, 11) is 0. The summed E-state index contributed by atoms with van der Waals surface area (Å²) in [5.74, 6) is 0.711. The van der Waals surface area contributed by atoms with Gasteiger partial charge in [0.25, 0.3) is 0 Å². The summed E-state index contributed by atoms with van der Waals surface area (Å²) >= 11 is 0. The van der Waals surface area contributed by atoms with E-state index < -0.39 is 6.09 Å².